The summed E-state index contributed by atoms with van der Waals surface area (Å²) in [7, 11) is 0. The van der Waals surface area contributed by atoms with Crippen molar-refractivity contribution in [1.82, 2.24) is 10.6 Å². The normalized spacial score (nSPS) is 13.8. The van der Waals surface area contributed by atoms with E-state index in [0.717, 1.165) is 24.0 Å². The van der Waals surface area contributed by atoms with Gasteiger partial charge in [0, 0.05) is 12.5 Å². The molecule has 0 saturated carbocycles. The average molecular weight is 535 g/mol. The molecule has 0 unspecified atom stereocenters. The number of unbranched alkanes of at least 4 members (excludes halogenated alkanes) is 1. The van der Waals surface area contributed by atoms with Crippen molar-refractivity contribution in [2.75, 3.05) is 13.2 Å². The van der Waals surface area contributed by atoms with Crippen molar-refractivity contribution in [3.05, 3.63) is 97.1 Å². The van der Waals surface area contributed by atoms with Crippen LogP contribution in [0.5, 0.6) is 0 Å². The Hall–Kier alpha value is -3.71. The first-order valence-corrected chi connectivity index (χ1v) is 13.6. The van der Waals surface area contributed by atoms with Gasteiger partial charge in [-0.3, -0.25) is 14.4 Å². The molecule has 0 heterocycles. The summed E-state index contributed by atoms with van der Waals surface area (Å²) in [4.78, 5) is 38.9. The Kier molecular flexibility index (Phi) is 14.3. The molecule has 0 aromatic heterocycles. The monoisotopic (exact) mass is 534 g/mol. The van der Waals surface area contributed by atoms with Gasteiger partial charge in [-0.15, -0.1) is 13.2 Å². The van der Waals surface area contributed by atoms with E-state index >= 15 is 0 Å². The number of benzene rings is 2. The number of hydrogen-bond acceptors (Lipinski definition) is 5. The first-order valence-electron chi connectivity index (χ1n) is 13.6. The Morgan fingerprint density at radius 1 is 0.949 bits per heavy atom. The largest absolute Gasteiger partial charge is 0.463 e. The van der Waals surface area contributed by atoms with E-state index in [1.807, 2.05) is 66.7 Å². The van der Waals surface area contributed by atoms with Crippen LogP contribution in [0.2, 0.25) is 0 Å². The van der Waals surface area contributed by atoms with Gasteiger partial charge in [-0.2, -0.15) is 0 Å². The van der Waals surface area contributed by atoms with Crippen molar-refractivity contribution in [2.45, 2.75) is 57.5 Å². The molecule has 0 radical (unpaired) electrons. The fraction of sp³-hybridized carbons (Fsp3) is 0.406. The molecule has 0 aliphatic carbocycles. The maximum atomic E-state index is 13.3. The number of nitrogens with one attached hydrogen (secondary N) is 2. The molecule has 0 aliphatic rings. The van der Waals surface area contributed by atoms with Crippen molar-refractivity contribution in [2.24, 2.45) is 11.8 Å². The average Bonchev–Trinajstić information content (AvgIpc) is 2.95. The molecule has 7 heteroatoms. The summed E-state index contributed by atoms with van der Waals surface area (Å²) in [5, 5.41) is 14.9. The molecule has 2 rings (SSSR count). The number of esters is 1. The molecule has 0 bridgehead atoms. The van der Waals surface area contributed by atoms with E-state index in [2.05, 4.69) is 23.8 Å². The van der Waals surface area contributed by atoms with Crippen LogP contribution in [-0.2, 0) is 25.5 Å². The zero-order valence-electron chi connectivity index (χ0n) is 22.9. The predicted octanol–water partition coefficient (Wildman–Crippen LogP) is 4.68. The standard InChI is InChI=1S/C32H42N2O5/c1-4-6-9-19-28(20-25-15-10-7-11-16-25)32(38)39-23-29(26-17-12-8-13-18-26)34-31(37)27(14-5-2)21-30(36)33-24(3)22-35/h4-5,7-8,10-13,15-18,24,27-29,35H,1-2,6,9,14,19-23H2,3H3,(H,33,36)(H,34,37)/t24-,27-,28+,29+/m0/s1. The maximum Gasteiger partial charge on any atom is 0.309 e. The van der Waals surface area contributed by atoms with Crippen molar-refractivity contribution in [3.63, 3.8) is 0 Å². The molecule has 2 aromatic carbocycles. The quantitative estimate of drug-likeness (QED) is 0.146. The Bertz CT molecular complexity index is 1040. The number of allylic oxidation sites excluding steroid dienone is 2. The number of aliphatic hydroxyl groups excluding tert-OH is 1. The second-order valence-corrected chi connectivity index (χ2v) is 9.78. The molecule has 0 fully saturated rings. The second-order valence-electron chi connectivity index (χ2n) is 9.78. The molecule has 7 nitrogen and oxygen atoms in total. The van der Waals surface area contributed by atoms with E-state index < -0.39 is 18.0 Å². The van der Waals surface area contributed by atoms with Crippen LogP contribution in [0, 0.1) is 11.8 Å². The highest BCUT2D eigenvalue weighted by Gasteiger charge is 2.27. The van der Waals surface area contributed by atoms with Gasteiger partial charge in [-0.05, 0) is 50.2 Å². The molecular weight excluding hydrogens is 492 g/mol. The summed E-state index contributed by atoms with van der Waals surface area (Å²) < 4.78 is 5.81. The Labute approximate surface area is 232 Å². The Morgan fingerprint density at radius 2 is 1.62 bits per heavy atom. The van der Waals surface area contributed by atoms with E-state index in [-0.39, 0.29) is 43.3 Å². The van der Waals surface area contributed by atoms with Gasteiger partial charge < -0.3 is 20.5 Å². The van der Waals surface area contributed by atoms with Crippen molar-refractivity contribution in [3.8, 4) is 0 Å². The summed E-state index contributed by atoms with van der Waals surface area (Å²) in [6.07, 6.45) is 6.58. The molecule has 0 saturated heterocycles. The SMILES string of the molecule is C=CCCC[C@H](Cc1ccccc1)C(=O)OC[C@@H](NC(=O)[C@@H](CC=C)CC(=O)N[C@@H](C)CO)c1ccccc1. The Balaban J connectivity index is 2.13. The van der Waals surface area contributed by atoms with Gasteiger partial charge in [0.2, 0.25) is 11.8 Å². The lowest BCUT2D eigenvalue weighted by atomic mass is 9.94. The molecule has 0 aliphatic heterocycles. The number of aliphatic hydroxyl groups is 1. The van der Waals surface area contributed by atoms with Gasteiger partial charge in [0.15, 0.2) is 0 Å². The van der Waals surface area contributed by atoms with Gasteiger partial charge in [0.1, 0.15) is 6.61 Å². The van der Waals surface area contributed by atoms with E-state index in [0.29, 0.717) is 19.3 Å². The van der Waals surface area contributed by atoms with Crippen LogP contribution in [-0.4, -0.2) is 42.1 Å². The minimum atomic E-state index is -0.653. The first-order chi connectivity index (χ1) is 18.9. The van der Waals surface area contributed by atoms with Crippen LogP contribution < -0.4 is 10.6 Å². The zero-order valence-corrected chi connectivity index (χ0v) is 22.9. The highest BCUT2D eigenvalue weighted by molar-refractivity contribution is 5.86. The lowest BCUT2D eigenvalue weighted by molar-refractivity contribution is -0.150. The fourth-order valence-corrected chi connectivity index (χ4v) is 4.28. The summed E-state index contributed by atoms with van der Waals surface area (Å²) in [6, 6.07) is 18.2. The van der Waals surface area contributed by atoms with E-state index in [1.165, 1.54) is 0 Å². The molecular formula is C32H42N2O5. The van der Waals surface area contributed by atoms with E-state index in [9.17, 15) is 19.5 Å². The third kappa shape index (κ3) is 11.7. The van der Waals surface area contributed by atoms with E-state index in [1.54, 1.807) is 13.0 Å². The zero-order chi connectivity index (χ0) is 28.5. The van der Waals surface area contributed by atoms with Gasteiger partial charge in [-0.25, -0.2) is 0 Å². The summed E-state index contributed by atoms with van der Waals surface area (Å²) in [6.45, 7) is 8.95. The minimum Gasteiger partial charge on any atom is -0.463 e. The number of ether oxygens (including phenoxy) is 1. The maximum absolute atomic E-state index is 13.3. The molecule has 39 heavy (non-hydrogen) atoms. The molecule has 3 N–H and O–H groups in total. The third-order valence-electron chi connectivity index (χ3n) is 6.46. The van der Waals surface area contributed by atoms with Crippen LogP contribution >= 0.6 is 0 Å². The number of carbonyl (C=O) groups excluding carboxylic acids is 3. The lowest BCUT2D eigenvalue weighted by Gasteiger charge is -2.24. The smallest absolute Gasteiger partial charge is 0.309 e. The molecule has 2 aromatic rings. The first kappa shape index (κ1) is 31.5. The fourth-order valence-electron chi connectivity index (χ4n) is 4.28. The van der Waals surface area contributed by atoms with Crippen molar-refractivity contribution < 1.29 is 24.2 Å². The number of carbonyl (C=O) groups is 3. The van der Waals surface area contributed by atoms with Crippen LogP contribution in [0.1, 0.15) is 56.2 Å². The molecule has 0 spiro atoms. The number of amides is 2. The Morgan fingerprint density at radius 3 is 2.23 bits per heavy atom. The van der Waals surface area contributed by atoms with Gasteiger partial charge in [0.05, 0.1) is 24.5 Å². The topological polar surface area (TPSA) is 105 Å². The highest BCUT2D eigenvalue weighted by Crippen LogP contribution is 2.21. The molecule has 210 valence electrons. The number of hydrogen-bond donors (Lipinski definition) is 3. The molecule has 4 atom stereocenters. The summed E-state index contributed by atoms with van der Waals surface area (Å²) >= 11 is 0. The van der Waals surface area contributed by atoms with Crippen LogP contribution in [0.15, 0.2) is 86.0 Å². The van der Waals surface area contributed by atoms with Crippen LogP contribution in [0.3, 0.4) is 0 Å². The summed E-state index contributed by atoms with van der Waals surface area (Å²) in [5.74, 6) is -1.94. The van der Waals surface area contributed by atoms with Crippen LogP contribution in [0.25, 0.3) is 0 Å². The minimum absolute atomic E-state index is 0.0319. The third-order valence-corrected chi connectivity index (χ3v) is 6.46. The van der Waals surface area contributed by atoms with E-state index in [4.69, 9.17) is 4.74 Å². The molecule has 2 amide bonds. The van der Waals surface area contributed by atoms with Crippen molar-refractivity contribution >= 4 is 17.8 Å². The number of rotatable bonds is 18. The van der Waals surface area contributed by atoms with Gasteiger partial charge in [0.25, 0.3) is 0 Å². The van der Waals surface area contributed by atoms with Crippen LogP contribution in [0.4, 0.5) is 0 Å². The second kappa shape index (κ2) is 17.7. The van der Waals surface area contributed by atoms with Gasteiger partial charge >= 0.3 is 5.97 Å². The highest BCUT2D eigenvalue weighted by atomic mass is 16.5. The van der Waals surface area contributed by atoms with Gasteiger partial charge in [-0.1, -0.05) is 72.8 Å². The summed E-state index contributed by atoms with van der Waals surface area (Å²) in [5.41, 5.74) is 1.85. The lowest BCUT2D eigenvalue weighted by Crippen LogP contribution is -2.41. The predicted molar refractivity (Wildman–Crippen MR) is 154 cm³/mol. The van der Waals surface area contributed by atoms with Crippen molar-refractivity contribution in [1.29, 1.82) is 0 Å².